The molecule has 0 saturated heterocycles. The summed E-state index contributed by atoms with van der Waals surface area (Å²) in [6, 6.07) is 12.6. The van der Waals surface area contributed by atoms with Gasteiger partial charge in [0, 0.05) is 0 Å². The maximum atomic E-state index is 13.5. The zero-order chi connectivity index (χ0) is 31.4. The Labute approximate surface area is 250 Å². The van der Waals surface area contributed by atoms with Crippen molar-refractivity contribution in [1.29, 1.82) is 0 Å². The Balaban J connectivity index is 0.000000300. The van der Waals surface area contributed by atoms with E-state index in [9.17, 15) is 4.39 Å². The molecule has 0 atom stereocenters. The van der Waals surface area contributed by atoms with Crippen LogP contribution in [0.4, 0.5) is 4.39 Å². The van der Waals surface area contributed by atoms with Gasteiger partial charge in [0.2, 0.25) is 0 Å². The van der Waals surface area contributed by atoms with Crippen LogP contribution in [0.5, 0.6) is 5.75 Å². The number of aryl methyl sites for hydroxylation is 5. The summed E-state index contributed by atoms with van der Waals surface area (Å²) in [5, 5.41) is 0.150. The first-order valence-electron chi connectivity index (χ1n) is 14.2. The average Bonchev–Trinajstić information content (AvgIpc) is 2.79. The van der Waals surface area contributed by atoms with Gasteiger partial charge in [0.25, 0.3) is 0 Å². The molecule has 3 aromatic carbocycles. The van der Waals surface area contributed by atoms with Gasteiger partial charge in [-0.15, -0.1) is 0 Å². The first-order valence-corrected chi connectivity index (χ1v) is 14.6. The van der Waals surface area contributed by atoms with E-state index in [1.54, 1.807) is 12.1 Å². The summed E-state index contributed by atoms with van der Waals surface area (Å²) in [4.78, 5) is 0. The second kappa shape index (κ2) is 13.6. The monoisotopic (exact) mass is 568 g/mol. The Kier molecular flexibility index (Phi) is 12.1. The number of hydrogen-bond acceptors (Lipinski definition) is 1. The van der Waals surface area contributed by atoms with E-state index in [-0.39, 0.29) is 27.0 Å². The average molecular weight is 569 g/mol. The molecule has 222 valence electrons. The summed E-state index contributed by atoms with van der Waals surface area (Å²) < 4.78 is 18.4. The molecule has 0 bridgehead atoms. The predicted octanol–water partition coefficient (Wildman–Crippen LogP) is 11.6. The largest absolute Gasteiger partial charge is 0.494 e. The minimum Gasteiger partial charge on any atom is -0.494 e. The molecular formula is C37H54ClFO. The van der Waals surface area contributed by atoms with E-state index in [0.717, 1.165) is 5.56 Å². The first-order chi connectivity index (χ1) is 18.0. The lowest BCUT2D eigenvalue weighted by molar-refractivity contribution is 0.385. The minimum absolute atomic E-state index is 0.150. The minimum atomic E-state index is -0.485. The van der Waals surface area contributed by atoms with Crippen molar-refractivity contribution in [2.45, 2.75) is 120 Å². The fourth-order valence-corrected chi connectivity index (χ4v) is 5.30. The van der Waals surface area contributed by atoms with Gasteiger partial charge in [-0.2, -0.15) is 0 Å². The van der Waals surface area contributed by atoms with Gasteiger partial charge in [0.15, 0.2) is 11.6 Å². The molecule has 0 heterocycles. The molecule has 0 saturated carbocycles. The maximum absolute atomic E-state index is 13.5. The smallest absolute Gasteiger partial charge is 0.183 e. The van der Waals surface area contributed by atoms with Crippen molar-refractivity contribution >= 4 is 11.6 Å². The highest BCUT2D eigenvalue weighted by atomic mass is 35.5. The molecule has 0 radical (unpaired) electrons. The summed E-state index contributed by atoms with van der Waals surface area (Å²) in [7, 11) is 1.42. The van der Waals surface area contributed by atoms with Gasteiger partial charge in [0.1, 0.15) is 0 Å². The van der Waals surface area contributed by atoms with Gasteiger partial charge < -0.3 is 4.74 Å². The van der Waals surface area contributed by atoms with Crippen LogP contribution in [0.3, 0.4) is 0 Å². The molecule has 1 nitrogen and oxygen atoms in total. The Hall–Kier alpha value is -2.32. The number of methoxy groups -OCH3 is 1. The zero-order valence-electron chi connectivity index (χ0n) is 28.1. The van der Waals surface area contributed by atoms with Crippen molar-refractivity contribution in [3.8, 4) is 5.75 Å². The van der Waals surface area contributed by atoms with E-state index >= 15 is 0 Å². The van der Waals surface area contributed by atoms with Gasteiger partial charge >= 0.3 is 0 Å². The lowest BCUT2D eigenvalue weighted by Gasteiger charge is -2.23. The summed E-state index contributed by atoms with van der Waals surface area (Å²) in [6.45, 7) is 32.7. The second-order valence-corrected chi connectivity index (χ2v) is 14.6. The van der Waals surface area contributed by atoms with Crippen molar-refractivity contribution in [3.63, 3.8) is 0 Å². The third kappa shape index (κ3) is 9.65. The van der Waals surface area contributed by atoms with E-state index < -0.39 is 5.82 Å². The van der Waals surface area contributed by atoms with Crippen LogP contribution in [0.2, 0.25) is 5.02 Å². The Morgan fingerprint density at radius 2 is 1.05 bits per heavy atom. The highest BCUT2D eigenvalue weighted by Gasteiger charge is 2.22. The topological polar surface area (TPSA) is 9.23 Å². The standard InChI is InChI=1S/2C13H20.C11H14ClFO/c1-9-7-11(3)12(8-10(9)2)13(4,5)6;1-9-7-10(2)11(3)12(8-9)13(4,5)6;1-11(2,3)7-5-6-8(14-4)10(13)9(7)12/h2*7-8H,1-6H3;5-6H,1-4H3. The van der Waals surface area contributed by atoms with E-state index in [1.165, 1.54) is 51.6 Å². The Morgan fingerprint density at radius 1 is 0.575 bits per heavy atom. The number of ether oxygens (including phenoxy) is 1. The fraction of sp³-hybridized carbons (Fsp3) is 0.514. The quantitative estimate of drug-likeness (QED) is 0.283. The van der Waals surface area contributed by atoms with Crippen molar-refractivity contribution in [1.82, 2.24) is 0 Å². The molecule has 3 heteroatoms. The molecule has 3 aromatic rings. The third-order valence-corrected chi connectivity index (χ3v) is 7.71. The van der Waals surface area contributed by atoms with E-state index in [1.807, 2.05) is 20.8 Å². The number of hydrogen-bond donors (Lipinski definition) is 0. The summed E-state index contributed by atoms with van der Waals surface area (Å²) in [5.74, 6) is -0.301. The third-order valence-electron chi connectivity index (χ3n) is 7.34. The lowest BCUT2D eigenvalue weighted by Crippen LogP contribution is -2.14. The van der Waals surface area contributed by atoms with Crippen LogP contribution in [0, 0.1) is 47.4 Å². The molecule has 0 amide bonds. The molecule has 0 aromatic heterocycles. The SMILES string of the molecule is COc1ccc(C(C)(C)C)c(Cl)c1F.Cc1cc(C)c(C(C)(C)C)cc1C.Cc1cc(C)c(C)c(C(C)(C)C)c1. The molecule has 0 fully saturated rings. The van der Waals surface area contributed by atoms with Crippen LogP contribution in [0.15, 0.2) is 36.4 Å². The normalized spacial score (nSPS) is 11.8. The highest BCUT2D eigenvalue weighted by Crippen LogP contribution is 2.35. The van der Waals surface area contributed by atoms with Gasteiger partial charge in [-0.3, -0.25) is 0 Å². The molecular weight excluding hydrogens is 515 g/mol. The fourth-order valence-electron chi connectivity index (χ4n) is 4.86. The van der Waals surface area contributed by atoms with Crippen LogP contribution in [0.25, 0.3) is 0 Å². The van der Waals surface area contributed by atoms with Crippen LogP contribution in [-0.4, -0.2) is 7.11 Å². The molecule has 0 spiro atoms. The molecule has 0 unspecified atom stereocenters. The summed E-state index contributed by atoms with van der Waals surface area (Å²) in [5.41, 5.74) is 12.5. The van der Waals surface area contributed by atoms with Crippen molar-refractivity contribution in [3.05, 3.63) is 97.3 Å². The molecule has 0 aliphatic heterocycles. The van der Waals surface area contributed by atoms with E-state index in [4.69, 9.17) is 16.3 Å². The molecule has 40 heavy (non-hydrogen) atoms. The first kappa shape index (κ1) is 35.7. The Bertz CT molecular complexity index is 1300. The van der Waals surface area contributed by atoms with Crippen LogP contribution >= 0.6 is 11.6 Å². The van der Waals surface area contributed by atoms with Crippen molar-refractivity contribution in [2.75, 3.05) is 7.11 Å². The van der Waals surface area contributed by atoms with Gasteiger partial charge in [-0.1, -0.05) is 110 Å². The molecule has 0 N–H and O–H groups in total. The van der Waals surface area contributed by atoms with Crippen molar-refractivity contribution < 1.29 is 9.13 Å². The summed E-state index contributed by atoms with van der Waals surface area (Å²) in [6.07, 6.45) is 0. The Morgan fingerprint density at radius 3 is 1.50 bits per heavy atom. The van der Waals surface area contributed by atoms with E-state index in [2.05, 4.69) is 107 Å². The number of benzene rings is 3. The van der Waals surface area contributed by atoms with Gasteiger partial charge in [-0.05, 0) is 108 Å². The lowest BCUT2D eigenvalue weighted by atomic mass is 9.82. The van der Waals surface area contributed by atoms with Gasteiger partial charge in [-0.25, -0.2) is 4.39 Å². The molecule has 0 aliphatic rings. The highest BCUT2D eigenvalue weighted by molar-refractivity contribution is 6.31. The zero-order valence-corrected chi connectivity index (χ0v) is 28.9. The second-order valence-electron chi connectivity index (χ2n) is 14.2. The van der Waals surface area contributed by atoms with Crippen molar-refractivity contribution in [2.24, 2.45) is 0 Å². The maximum Gasteiger partial charge on any atom is 0.183 e. The van der Waals surface area contributed by atoms with Crippen LogP contribution < -0.4 is 4.74 Å². The van der Waals surface area contributed by atoms with E-state index in [0.29, 0.717) is 0 Å². The summed E-state index contributed by atoms with van der Waals surface area (Å²) >= 11 is 5.91. The van der Waals surface area contributed by atoms with Crippen LogP contribution in [0.1, 0.15) is 112 Å². The predicted molar refractivity (Wildman–Crippen MR) is 175 cm³/mol. The number of rotatable bonds is 1. The molecule has 3 rings (SSSR count). The number of halogens is 2. The molecule has 0 aliphatic carbocycles. The van der Waals surface area contributed by atoms with Gasteiger partial charge in [0.05, 0.1) is 12.1 Å². The van der Waals surface area contributed by atoms with Crippen LogP contribution in [-0.2, 0) is 16.2 Å².